The van der Waals surface area contributed by atoms with Crippen molar-refractivity contribution in [2.24, 2.45) is 11.7 Å². The van der Waals surface area contributed by atoms with Crippen LogP contribution in [0.3, 0.4) is 0 Å². The van der Waals surface area contributed by atoms with E-state index in [0.717, 1.165) is 11.3 Å². The Labute approximate surface area is 278 Å². The number of aromatic nitrogens is 5. The number of para-hydroxylation sites is 1. The number of allylic oxidation sites excluding steroid dienone is 1. The van der Waals surface area contributed by atoms with Gasteiger partial charge in [0.1, 0.15) is 5.70 Å². The summed E-state index contributed by atoms with van der Waals surface area (Å²) in [4.78, 5) is 36.2. The minimum absolute atomic E-state index is 0.142. The number of alkyl halides is 3. The van der Waals surface area contributed by atoms with E-state index in [9.17, 15) is 22.8 Å². The number of benzene rings is 2. The van der Waals surface area contributed by atoms with Gasteiger partial charge in [-0.1, -0.05) is 43.1 Å². The molecule has 10 nitrogen and oxygen atoms in total. The molecular weight excluding hydrogens is 645 g/mol. The SMILES string of the molecule is CC1CCCC(n2cnc(-c3cc(Cl)ccc3N/C=C(\N)C(F)(F)F)cc2=O)c2cc(ccn2)-c2c(cnn2-c2ccccc2)NC1=O. The third kappa shape index (κ3) is 6.81. The minimum Gasteiger partial charge on any atom is -0.394 e. The molecule has 0 aliphatic carbocycles. The van der Waals surface area contributed by atoms with E-state index in [0.29, 0.717) is 53.1 Å². The van der Waals surface area contributed by atoms with Crippen molar-refractivity contribution in [1.29, 1.82) is 0 Å². The van der Waals surface area contributed by atoms with Crippen LogP contribution in [0.15, 0.2) is 102 Å². The van der Waals surface area contributed by atoms with Crippen LogP contribution in [0.4, 0.5) is 24.5 Å². The second kappa shape index (κ2) is 13.4. The first-order valence-corrected chi connectivity index (χ1v) is 15.5. The van der Waals surface area contributed by atoms with Gasteiger partial charge in [0.15, 0.2) is 0 Å². The van der Waals surface area contributed by atoms with Crippen LogP contribution in [-0.4, -0.2) is 36.4 Å². The Morgan fingerprint density at radius 3 is 2.60 bits per heavy atom. The quantitative estimate of drug-likeness (QED) is 0.184. The maximum absolute atomic E-state index is 13.8. The molecule has 5 aromatic rings. The largest absolute Gasteiger partial charge is 0.432 e. The summed E-state index contributed by atoms with van der Waals surface area (Å²) in [5, 5.41) is 10.5. The van der Waals surface area contributed by atoms with Crippen molar-refractivity contribution >= 4 is 28.9 Å². The van der Waals surface area contributed by atoms with Gasteiger partial charge in [-0.15, -0.1) is 0 Å². The average Bonchev–Trinajstić information content (AvgIpc) is 3.49. The number of amides is 1. The first-order valence-electron chi connectivity index (χ1n) is 15.1. The smallest absolute Gasteiger partial charge is 0.394 e. The molecule has 0 fully saturated rings. The van der Waals surface area contributed by atoms with Gasteiger partial charge in [0.05, 0.1) is 47.0 Å². The predicted molar refractivity (Wildman–Crippen MR) is 177 cm³/mol. The van der Waals surface area contributed by atoms with Crippen molar-refractivity contribution in [2.45, 2.75) is 38.4 Å². The van der Waals surface area contributed by atoms with Gasteiger partial charge in [0, 0.05) is 46.2 Å². The van der Waals surface area contributed by atoms with Crippen molar-refractivity contribution in [3.8, 4) is 28.2 Å². The van der Waals surface area contributed by atoms with E-state index in [1.165, 1.54) is 35.2 Å². The van der Waals surface area contributed by atoms with Crippen molar-refractivity contribution in [3.05, 3.63) is 118 Å². The summed E-state index contributed by atoms with van der Waals surface area (Å²) in [7, 11) is 0. The number of carbonyl (C=O) groups is 1. The highest BCUT2D eigenvalue weighted by Crippen LogP contribution is 2.35. The number of halogens is 4. The van der Waals surface area contributed by atoms with Crippen LogP contribution in [0.5, 0.6) is 0 Å². The van der Waals surface area contributed by atoms with Crippen LogP contribution >= 0.6 is 11.6 Å². The van der Waals surface area contributed by atoms with Gasteiger partial charge in [-0.3, -0.25) is 19.1 Å². The van der Waals surface area contributed by atoms with Crippen LogP contribution in [-0.2, 0) is 4.79 Å². The maximum Gasteiger partial charge on any atom is 0.432 e. The number of rotatable bonds is 5. The average molecular weight is 675 g/mol. The Balaban J connectivity index is 1.42. The predicted octanol–water partition coefficient (Wildman–Crippen LogP) is 6.93. The van der Waals surface area contributed by atoms with E-state index in [-0.39, 0.29) is 23.2 Å². The van der Waals surface area contributed by atoms with Crippen LogP contribution in [0.1, 0.15) is 37.9 Å². The minimum atomic E-state index is -4.72. The zero-order valence-electron chi connectivity index (χ0n) is 25.6. The van der Waals surface area contributed by atoms with Crippen molar-refractivity contribution < 1.29 is 18.0 Å². The molecule has 246 valence electrons. The summed E-state index contributed by atoms with van der Waals surface area (Å²) in [5.41, 5.74) is 7.46. The summed E-state index contributed by atoms with van der Waals surface area (Å²) in [6.45, 7) is 1.85. The lowest BCUT2D eigenvalue weighted by Crippen LogP contribution is -2.27. The molecule has 4 heterocycles. The van der Waals surface area contributed by atoms with E-state index in [1.807, 2.05) is 49.4 Å². The molecule has 0 saturated heterocycles. The van der Waals surface area contributed by atoms with Gasteiger partial charge in [0.2, 0.25) is 5.91 Å². The summed E-state index contributed by atoms with van der Waals surface area (Å²) in [6.07, 6.45) is 2.21. The van der Waals surface area contributed by atoms with Gasteiger partial charge < -0.3 is 16.4 Å². The molecule has 6 rings (SSSR count). The molecule has 2 unspecified atom stereocenters. The van der Waals surface area contributed by atoms with Crippen LogP contribution in [0.25, 0.3) is 28.2 Å². The van der Waals surface area contributed by atoms with E-state index in [4.69, 9.17) is 17.3 Å². The molecule has 48 heavy (non-hydrogen) atoms. The molecule has 1 aliphatic rings. The Morgan fingerprint density at radius 2 is 1.85 bits per heavy atom. The molecule has 0 saturated carbocycles. The molecular formula is C34H30ClF3N8O2. The fourth-order valence-electron chi connectivity index (χ4n) is 5.58. The van der Waals surface area contributed by atoms with Crippen molar-refractivity contribution in [2.75, 3.05) is 10.6 Å². The number of nitrogens with zero attached hydrogens (tertiary/aromatic N) is 5. The molecule has 1 amide bonds. The van der Waals surface area contributed by atoms with Crippen molar-refractivity contribution in [3.63, 3.8) is 0 Å². The Hall–Kier alpha value is -5.43. The highest BCUT2D eigenvalue weighted by Gasteiger charge is 2.31. The lowest BCUT2D eigenvalue weighted by atomic mass is 9.97. The van der Waals surface area contributed by atoms with Gasteiger partial charge >= 0.3 is 6.18 Å². The second-order valence-electron chi connectivity index (χ2n) is 11.4. The monoisotopic (exact) mass is 674 g/mol. The van der Waals surface area contributed by atoms with Gasteiger partial charge in [-0.25, -0.2) is 9.67 Å². The third-order valence-electron chi connectivity index (χ3n) is 8.13. The number of nitrogens with one attached hydrogen (secondary N) is 2. The molecule has 14 heteroatoms. The molecule has 2 bridgehead atoms. The number of nitrogens with two attached hydrogens (primary N) is 1. The molecule has 0 radical (unpaired) electrons. The van der Waals surface area contributed by atoms with Crippen molar-refractivity contribution in [1.82, 2.24) is 24.3 Å². The summed E-state index contributed by atoms with van der Waals surface area (Å²) >= 11 is 6.22. The topological polar surface area (TPSA) is 133 Å². The van der Waals surface area contributed by atoms with Crippen LogP contribution in [0, 0.1) is 5.92 Å². The number of carbonyl (C=O) groups excluding carboxylic acids is 1. The third-order valence-corrected chi connectivity index (χ3v) is 8.36. The zero-order chi connectivity index (χ0) is 34.0. The van der Waals surface area contributed by atoms with Gasteiger partial charge in [0.25, 0.3) is 5.56 Å². The fourth-order valence-corrected chi connectivity index (χ4v) is 5.75. The molecule has 0 spiro atoms. The maximum atomic E-state index is 13.8. The van der Waals surface area contributed by atoms with E-state index >= 15 is 0 Å². The number of fused-ring (bicyclic) bond motifs is 4. The molecule has 1 aliphatic heterocycles. The number of hydrogen-bond acceptors (Lipinski definition) is 7. The van der Waals surface area contributed by atoms with E-state index in [2.05, 4.69) is 25.7 Å². The Bertz CT molecular complexity index is 2060. The summed E-state index contributed by atoms with van der Waals surface area (Å²) < 4.78 is 42.2. The lowest BCUT2D eigenvalue weighted by molar-refractivity contribution is -0.119. The number of hydrogen-bond donors (Lipinski definition) is 3. The van der Waals surface area contributed by atoms with E-state index in [1.54, 1.807) is 17.1 Å². The fraction of sp³-hybridized carbons (Fsp3) is 0.206. The van der Waals surface area contributed by atoms with E-state index < -0.39 is 23.5 Å². The van der Waals surface area contributed by atoms with Gasteiger partial charge in [-0.2, -0.15) is 18.3 Å². The Morgan fingerprint density at radius 1 is 1.06 bits per heavy atom. The van der Waals surface area contributed by atoms with Crippen LogP contribution < -0.4 is 21.9 Å². The van der Waals surface area contributed by atoms with Crippen LogP contribution in [0.2, 0.25) is 5.02 Å². The lowest BCUT2D eigenvalue weighted by Gasteiger charge is -2.22. The number of anilines is 2. The zero-order valence-corrected chi connectivity index (χ0v) is 26.3. The highest BCUT2D eigenvalue weighted by molar-refractivity contribution is 6.31. The highest BCUT2D eigenvalue weighted by atomic mass is 35.5. The molecule has 3 aromatic heterocycles. The first kappa shape index (κ1) is 32.5. The molecule has 2 atom stereocenters. The normalized spacial score (nSPS) is 17.1. The summed E-state index contributed by atoms with van der Waals surface area (Å²) in [6, 6.07) is 18.4. The molecule has 4 N–H and O–H groups in total. The first-order chi connectivity index (χ1) is 23.0. The van der Waals surface area contributed by atoms with Gasteiger partial charge in [-0.05, 0) is 55.3 Å². The Kier molecular flexibility index (Phi) is 9.05. The number of pyridine rings is 1. The summed E-state index contributed by atoms with van der Waals surface area (Å²) in [5.74, 6) is -0.466. The standard InChI is InChI=1S/C34H30ClF3N8O2/c1-20-6-5-9-29(27-14-21(12-13-40-27)32-28(44-33(20)48)17-43-46(32)23-7-3-2-4-8-23)45-19-42-26(16-31(45)47)24-15-22(35)10-11-25(24)41-18-30(39)34(36,37)38/h2-4,7-8,10-20,29,41H,5-6,9,39H2,1H3,(H,44,48)/b30-18-. The molecule has 2 aromatic carbocycles. The second-order valence-corrected chi connectivity index (χ2v) is 11.8.